The first-order chi connectivity index (χ1) is 16.6. The molecule has 0 radical (unpaired) electrons. The van der Waals surface area contributed by atoms with Crippen molar-refractivity contribution < 1.29 is 23.9 Å². The number of carbonyl (C=O) groups is 2. The molecule has 6 nitrogen and oxygen atoms in total. The fraction of sp³-hybridized carbons (Fsp3) is 0.586. The number of aliphatic carboxylic acids is 1. The zero-order valence-corrected chi connectivity index (χ0v) is 24.5. The Bertz CT molecular complexity index is 956. The zero-order chi connectivity index (χ0) is 27.3. The number of ether oxygens (including phenoxy) is 1. The average Bonchev–Trinajstić information content (AvgIpc) is 3.17. The largest absolute Gasteiger partial charge is 0.478 e. The van der Waals surface area contributed by atoms with Gasteiger partial charge in [0.05, 0.1) is 23.8 Å². The van der Waals surface area contributed by atoms with E-state index in [1.54, 1.807) is 17.1 Å². The first kappa shape index (κ1) is 29.8. The molecule has 1 N–H and O–H groups in total. The highest BCUT2D eigenvalue weighted by atomic mass is 28.4. The number of nitrogens with zero attached hydrogens (tertiary/aromatic N) is 1. The lowest BCUT2D eigenvalue weighted by molar-refractivity contribution is -0.132. The van der Waals surface area contributed by atoms with Gasteiger partial charge >= 0.3 is 12.1 Å². The Balaban J connectivity index is 2.60. The van der Waals surface area contributed by atoms with E-state index in [2.05, 4.69) is 33.9 Å². The third-order valence-electron chi connectivity index (χ3n) is 6.93. The molecule has 1 aromatic carbocycles. The van der Waals surface area contributed by atoms with Gasteiger partial charge in [-0.3, -0.25) is 4.90 Å². The highest BCUT2D eigenvalue weighted by Crippen LogP contribution is 2.44. The van der Waals surface area contributed by atoms with Crippen molar-refractivity contribution >= 4 is 20.4 Å². The molecule has 1 amide bonds. The van der Waals surface area contributed by atoms with Crippen molar-refractivity contribution in [3.63, 3.8) is 0 Å². The molecule has 2 rings (SSSR count). The van der Waals surface area contributed by atoms with Crippen LogP contribution in [-0.2, 0) is 14.0 Å². The minimum absolute atomic E-state index is 0.0177. The number of carboxylic acid groups (broad SMARTS) is 1. The first-order valence-electron chi connectivity index (χ1n) is 12.9. The van der Waals surface area contributed by atoms with Crippen molar-refractivity contribution in [2.45, 2.75) is 110 Å². The number of likely N-dealkylation sites (tertiary alicyclic amines) is 1. The second kappa shape index (κ2) is 11.8. The summed E-state index contributed by atoms with van der Waals surface area (Å²) < 4.78 is 12.8. The lowest BCUT2D eigenvalue weighted by Crippen LogP contribution is -2.50. The van der Waals surface area contributed by atoms with Gasteiger partial charge in [0.2, 0.25) is 0 Å². The molecule has 0 saturated carbocycles. The summed E-state index contributed by atoms with van der Waals surface area (Å²) in [6, 6.07) is 9.33. The van der Waals surface area contributed by atoms with Crippen LogP contribution >= 0.6 is 0 Å². The molecular formula is C29H45NO5Si. The third-order valence-corrected chi connectivity index (χ3v) is 11.4. The van der Waals surface area contributed by atoms with Gasteiger partial charge in [-0.25, -0.2) is 9.59 Å². The van der Waals surface area contributed by atoms with Gasteiger partial charge < -0.3 is 14.3 Å². The van der Waals surface area contributed by atoms with E-state index in [4.69, 9.17) is 9.16 Å². The molecule has 3 atom stereocenters. The van der Waals surface area contributed by atoms with Gasteiger partial charge in [0.25, 0.3) is 0 Å². The molecule has 0 aromatic heterocycles. The Morgan fingerprint density at radius 2 is 1.72 bits per heavy atom. The fourth-order valence-corrected chi connectivity index (χ4v) is 5.35. The number of carboxylic acids is 1. The quantitative estimate of drug-likeness (QED) is 0.220. The minimum atomic E-state index is -2.22. The summed E-state index contributed by atoms with van der Waals surface area (Å²) in [6.45, 7) is 18.5. The Kier molecular flexibility index (Phi) is 9.76. The van der Waals surface area contributed by atoms with Gasteiger partial charge in [0, 0.05) is 0 Å². The number of rotatable bonds is 8. The monoisotopic (exact) mass is 515 g/mol. The summed E-state index contributed by atoms with van der Waals surface area (Å²) in [5, 5.41) is 9.78. The molecule has 1 saturated heterocycles. The summed E-state index contributed by atoms with van der Waals surface area (Å²) in [5.74, 6) is -1.01. The molecule has 1 heterocycles. The first-order valence-corrected chi connectivity index (χ1v) is 15.8. The van der Waals surface area contributed by atoms with Crippen LogP contribution in [0.15, 0.2) is 54.1 Å². The molecule has 200 valence electrons. The maximum atomic E-state index is 13.6. The van der Waals surface area contributed by atoms with Crippen LogP contribution in [0.4, 0.5) is 4.79 Å². The number of allylic oxidation sites excluding steroid dienone is 1. The lowest BCUT2D eigenvalue weighted by Gasteiger charge is -2.43. The van der Waals surface area contributed by atoms with Gasteiger partial charge in [-0.1, -0.05) is 70.2 Å². The highest BCUT2D eigenvalue weighted by molar-refractivity contribution is 6.74. The normalized spacial score (nSPS) is 20.6. The Hall–Kier alpha value is -2.38. The number of hydrogen-bond donors (Lipinski definition) is 1. The average molecular weight is 516 g/mol. The van der Waals surface area contributed by atoms with Crippen LogP contribution in [0.2, 0.25) is 18.1 Å². The van der Waals surface area contributed by atoms with Crippen molar-refractivity contribution in [1.82, 2.24) is 4.90 Å². The molecule has 7 heteroatoms. The molecule has 0 bridgehead atoms. The number of benzene rings is 1. The second-order valence-corrected chi connectivity index (χ2v) is 16.8. The van der Waals surface area contributed by atoms with Crippen molar-refractivity contribution in [2.75, 3.05) is 0 Å². The summed E-state index contributed by atoms with van der Waals surface area (Å²) >= 11 is 0. The van der Waals surface area contributed by atoms with Crippen LogP contribution in [0, 0.1) is 0 Å². The SMILES string of the molecule is CC/C=C\C(=CC1CCC(C(O[Si](C)(C)C(C)(C)C)c2ccccc2)N1C(=O)OC(C)(C)C)C(=O)O. The molecule has 1 aliphatic rings. The van der Waals surface area contributed by atoms with Gasteiger partial charge in [-0.05, 0) is 69.8 Å². The lowest BCUT2D eigenvalue weighted by atomic mass is 10.0. The molecule has 36 heavy (non-hydrogen) atoms. The van der Waals surface area contributed by atoms with Crippen LogP contribution in [0.25, 0.3) is 0 Å². The third kappa shape index (κ3) is 7.81. The van der Waals surface area contributed by atoms with E-state index < -0.39 is 32.0 Å². The fourth-order valence-electron chi connectivity index (χ4n) is 4.07. The summed E-state index contributed by atoms with van der Waals surface area (Å²) in [4.78, 5) is 27.3. The van der Waals surface area contributed by atoms with Crippen LogP contribution < -0.4 is 0 Å². The number of carbonyl (C=O) groups excluding carboxylic acids is 1. The van der Waals surface area contributed by atoms with Crippen LogP contribution in [0.5, 0.6) is 0 Å². The maximum absolute atomic E-state index is 13.6. The van der Waals surface area contributed by atoms with E-state index in [1.807, 2.05) is 64.1 Å². The van der Waals surface area contributed by atoms with E-state index in [1.165, 1.54) is 0 Å². The molecule has 3 unspecified atom stereocenters. The Labute approximate surface area is 218 Å². The van der Waals surface area contributed by atoms with Crippen molar-refractivity contribution in [3.8, 4) is 0 Å². The molecule has 1 aliphatic heterocycles. The standard InChI is InChI=1S/C29H45NO5Si/c1-10-11-15-22(26(31)32)20-23-18-19-24(30(23)27(33)34-28(2,3)4)25(21-16-13-12-14-17-21)35-36(8,9)29(5,6)7/h11-17,20,23-25H,10,18-19H2,1-9H3,(H,31,32)/b15-11-,22-20?. The maximum Gasteiger partial charge on any atom is 0.411 e. The smallest absolute Gasteiger partial charge is 0.411 e. The van der Waals surface area contributed by atoms with Gasteiger partial charge in [0.15, 0.2) is 8.32 Å². The van der Waals surface area contributed by atoms with E-state index in [-0.39, 0.29) is 22.8 Å². The molecule has 1 fully saturated rings. The Morgan fingerprint density at radius 3 is 2.22 bits per heavy atom. The van der Waals surface area contributed by atoms with Gasteiger partial charge in [0.1, 0.15) is 5.60 Å². The second-order valence-electron chi connectivity index (χ2n) is 12.0. The minimum Gasteiger partial charge on any atom is -0.478 e. The van der Waals surface area contributed by atoms with Crippen LogP contribution in [-0.4, -0.2) is 48.1 Å². The van der Waals surface area contributed by atoms with Crippen molar-refractivity contribution in [2.24, 2.45) is 0 Å². The Morgan fingerprint density at radius 1 is 1.11 bits per heavy atom. The summed E-state index contributed by atoms with van der Waals surface area (Å²) in [6.07, 6.45) is 6.36. The van der Waals surface area contributed by atoms with Crippen molar-refractivity contribution in [1.29, 1.82) is 0 Å². The van der Waals surface area contributed by atoms with Gasteiger partial charge in [-0.15, -0.1) is 0 Å². The molecule has 1 aromatic rings. The predicted octanol–water partition coefficient (Wildman–Crippen LogP) is 7.49. The van der Waals surface area contributed by atoms with Crippen LogP contribution in [0.1, 0.15) is 79.4 Å². The van der Waals surface area contributed by atoms with E-state index >= 15 is 0 Å². The number of amides is 1. The molecule has 0 spiro atoms. The summed E-state index contributed by atoms with van der Waals surface area (Å²) in [5.41, 5.74) is 0.506. The van der Waals surface area contributed by atoms with E-state index in [9.17, 15) is 14.7 Å². The zero-order valence-electron chi connectivity index (χ0n) is 23.5. The van der Waals surface area contributed by atoms with Crippen molar-refractivity contribution in [3.05, 3.63) is 59.7 Å². The van der Waals surface area contributed by atoms with E-state index in [0.29, 0.717) is 12.8 Å². The topological polar surface area (TPSA) is 76.1 Å². The van der Waals surface area contributed by atoms with Crippen LogP contribution in [0.3, 0.4) is 0 Å². The van der Waals surface area contributed by atoms with E-state index in [0.717, 1.165) is 12.0 Å². The molecular weight excluding hydrogens is 470 g/mol. The van der Waals surface area contributed by atoms with Gasteiger partial charge in [-0.2, -0.15) is 0 Å². The highest BCUT2D eigenvalue weighted by Gasteiger charge is 2.47. The number of hydrogen-bond acceptors (Lipinski definition) is 4. The predicted molar refractivity (Wildman–Crippen MR) is 147 cm³/mol. The molecule has 0 aliphatic carbocycles. The summed E-state index contributed by atoms with van der Waals surface area (Å²) in [7, 11) is -2.22.